The Morgan fingerprint density at radius 3 is 2.33 bits per heavy atom. The summed E-state index contributed by atoms with van der Waals surface area (Å²) in [5.41, 5.74) is 0. The zero-order chi connectivity index (χ0) is 9.99. The molecule has 0 aromatic heterocycles. The second-order valence-corrected chi connectivity index (χ2v) is 3.67. The average molecular weight is 203 g/mol. The molecule has 72 valence electrons. The van der Waals surface area contributed by atoms with Gasteiger partial charge in [0.1, 0.15) is 0 Å². The van der Waals surface area contributed by atoms with E-state index in [1.807, 2.05) is 0 Å². The number of hydrogen-bond donors (Lipinski definition) is 0. The summed E-state index contributed by atoms with van der Waals surface area (Å²) in [6.45, 7) is 3.40. The Labute approximate surface area is 67.4 Å². The highest BCUT2D eigenvalue weighted by Gasteiger charge is 2.38. The molecular weight excluding hydrogens is 196 g/mol. The number of rotatable bonds is 3. The van der Waals surface area contributed by atoms with Crippen molar-refractivity contribution in [2.45, 2.75) is 19.2 Å². The Kier molecular flexibility index (Phi) is 3.50. The quantitative estimate of drug-likeness (QED) is 0.655. The zero-order valence-corrected chi connectivity index (χ0v) is 7.06. The minimum absolute atomic E-state index is 0.342. The first-order valence-electron chi connectivity index (χ1n) is 2.88. The van der Waals surface area contributed by atoms with Crippen LogP contribution in [0.4, 0.5) is 13.2 Å². The van der Waals surface area contributed by atoms with E-state index in [0.29, 0.717) is 12.7 Å². The van der Waals surface area contributed by atoms with Gasteiger partial charge in [-0.25, -0.2) is 0 Å². The first-order chi connectivity index (χ1) is 5.19. The van der Waals surface area contributed by atoms with Crippen LogP contribution in [0.1, 0.15) is 6.92 Å². The molecule has 0 saturated heterocycles. The Bertz CT molecular complexity index is 212. The Morgan fingerprint density at radius 2 is 2.08 bits per heavy atom. The molecule has 0 saturated carbocycles. The standard InChI is InChI=1S/C5H8F3O3P/c1-3-12(9,10)11-4(2)5(6,7)8/h3-4H,1H2,2H3,(H,9,10)/p-1. The van der Waals surface area contributed by atoms with Crippen molar-refractivity contribution in [2.75, 3.05) is 0 Å². The van der Waals surface area contributed by atoms with E-state index in [1.165, 1.54) is 0 Å². The molecule has 0 radical (unpaired) electrons. The fraction of sp³-hybridized carbons (Fsp3) is 0.600. The van der Waals surface area contributed by atoms with E-state index in [-0.39, 0.29) is 0 Å². The lowest BCUT2D eigenvalue weighted by molar-refractivity contribution is -0.232. The van der Waals surface area contributed by atoms with E-state index >= 15 is 0 Å². The normalized spacial score (nSPS) is 19.8. The van der Waals surface area contributed by atoms with Crippen molar-refractivity contribution in [3.05, 3.63) is 12.4 Å². The topological polar surface area (TPSA) is 49.4 Å². The fourth-order valence-corrected chi connectivity index (χ4v) is 0.970. The van der Waals surface area contributed by atoms with E-state index < -0.39 is 19.9 Å². The minimum atomic E-state index is -4.68. The number of alkyl halides is 3. The molecular formula is C5H7F3O3P-. The lowest BCUT2D eigenvalue weighted by Crippen LogP contribution is -2.28. The van der Waals surface area contributed by atoms with E-state index in [1.54, 1.807) is 0 Å². The Morgan fingerprint density at radius 1 is 1.67 bits per heavy atom. The highest BCUT2D eigenvalue weighted by molar-refractivity contribution is 7.54. The predicted octanol–water partition coefficient (Wildman–Crippen LogP) is 1.65. The van der Waals surface area contributed by atoms with Gasteiger partial charge in [0.25, 0.3) is 0 Å². The molecule has 0 aliphatic carbocycles. The van der Waals surface area contributed by atoms with E-state index in [4.69, 9.17) is 0 Å². The van der Waals surface area contributed by atoms with Crippen LogP contribution in [0, 0.1) is 0 Å². The van der Waals surface area contributed by atoms with Crippen molar-refractivity contribution in [1.29, 1.82) is 0 Å². The summed E-state index contributed by atoms with van der Waals surface area (Å²) >= 11 is 0. The molecule has 0 rings (SSSR count). The molecule has 0 fully saturated rings. The van der Waals surface area contributed by atoms with Crippen molar-refractivity contribution in [2.24, 2.45) is 0 Å². The van der Waals surface area contributed by atoms with Gasteiger partial charge in [-0.2, -0.15) is 13.2 Å². The molecule has 0 bridgehead atoms. The van der Waals surface area contributed by atoms with Crippen molar-refractivity contribution in [3.8, 4) is 0 Å². The monoisotopic (exact) mass is 203 g/mol. The van der Waals surface area contributed by atoms with Crippen molar-refractivity contribution >= 4 is 7.60 Å². The lowest BCUT2D eigenvalue weighted by Gasteiger charge is -2.24. The van der Waals surface area contributed by atoms with Crippen LogP contribution in [0.5, 0.6) is 0 Å². The maximum absolute atomic E-state index is 11.7. The van der Waals surface area contributed by atoms with Crippen LogP contribution in [-0.4, -0.2) is 12.3 Å². The molecule has 2 atom stereocenters. The van der Waals surface area contributed by atoms with Gasteiger partial charge in [-0.15, -0.1) is 0 Å². The van der Waals surface area contributed by atoms with Crippen molar-refractivity contribution in [1.82, 2.24) is 0 Å². The second kappa shape index (κ2) is 3.60. The molecule has 0 heterocycles. The van der Waals surface area contributed by atoms with Crippen LogP contribution in [0.25, 0.3) is 0 Å². The summed E-state index contributed by atoms with van der Waals surface area (Å²) in [6, 6.07) is 0. The van der Waals surface area contributed by atoms with Gasteiger partial charge in [0.05, 0.1) is 0 Å². The van der Waals surface area contributed by atoms with Gasteiger partial charge in [0.15, 0.2) is 13.7 Å². The van der Waals surface area contributed by atoms with Gasteiger partial charge >= 0.3 is 6.18 Å². The van der Waals surface area contributed by atoms with Crippen LogP contribution in [0.3, 0.4) is 0 Å². The van der Waals surface area contributed by atoms with E-state index in [9.17, 15) is 22.6 Å². The molecule has 12 heavy (non-hydrogen) atoms. The third-order valence-electron chi connectivity index (χ3n) is 0.990. The van der Waals surface area contributed by atoms with Gasteiger partial charge < -0.3 is 14.0 Å². The van der Waals surface area contributed by atoms with Crippen LogP contribution in [0.15, 0.2) is 12.4 Å². The maximum Gasteiger partial charge on any atom is 0.414 e. The van der Waals surface area contributed by atoms with E-state index in [2.05, 4.69) is 11.1 Å². The van der Waals surface area contributed by atoms with Gasteiger partial charge in [-0.3, -0.25) is 0 Å². The molecule has 0 aliphatic heterocycles. The Hall–Kier alpha value is -0.320. The van der Waals surface area contributed by atoms with Gasteiger partial charge in [-0.1, -0.05) is 6.58 Å². The predicted molar refractivity (Wildman–Crippen MR) is 34.4 cm³/mol. The SMILES string of the molecule is C=CP(=O)([O-])OC(C)C(F)(F)F. The highest BCUT2D eigenvalue weighted by Crippen LogP contribution is 2.42. The third-order valence-corrected chi connectivity index (χ3v) is 2.05. The molecule has 0 N–H and O–H groups in total. The van der Waals surface area contributed by atoms with Crippen LogP contribution < -0.4 is 4.89 Å². The number of hydrogen-bond acceptors (Lipinski definition) is 3. The summed E-state index contributed by atoms with van der Waals surface area (Å²) in [5.74, 6) is 0.342. The molecule has 0 amide bonds. The summed E-state index contributed by atoms with van der Waals surface area (Å²) in [5, 5.41) is 0. The van der Waals surface area contributed by atoms with Crippen LogP contribution in [-0.2, 0) is 9.09 Å². The molecule has 0 aliphatic rings. The zero-order valence-electron chi connectivity index (χ0n) is 6.17. The van der Waals surface area contributed by atoms with Crippen LogP contribution >= 0.6 is 7.60 Å². The highest BCUT2D eigenvalue weighted by atomic mass is 31.2. The number of halogens is 3. The van der Waals surface area contributed by atoms with Gasteiger partial charge in [-0.05, 0) is 12.7 Å². The molecule has 7 heteroatoms. The molecule has 0 aromatic carbocycles. The molecule has 0 spiro atoms. The summed E-state index contributed by atoms with van der Waals surface area (Å²) in [6.07, 6.45) is -7.01. The molecule has 3 nitrogen and oxygen atoms in total. The summed E-state index contributed by atoms with van der Waals surface area (Å²) < 4.78 is 49.2. The first kappa shape index (κ1) is 11.7. The summed E-state index contributed by atoms with van der Waals surface area (Å²) in [7, 11) is -4.53. The first-order valence-corrected chi connectivity index (χ1v) is 4.49. The van der Waals surface area contributed by atoms with Crippen molar-refractivity contribution < 1.29 is 27.2 Å². The minimum Gasteiger partial charge on any atom is -0.775 e. The lowest BCUT2D eigenvalue weighted by atomic mass is 10.4. The smallest absolute Gasteiger partial charge is 0.414 e. The van der Waals surface area contributed by atoms with Gasteiger partial charge in [0, 0.05) is 0 Å². The Balaban J connectivity index is 4.29. The molecule has 2 unspecified atom stereocenters. The third kappa shape index (κ3) is 3.90. The maximum atomic E-state index is 11.7. The largest absolute Gasteiger partial charge is 0.775 e. The second-order valence-electron chi connectivity index (χ2n) is 2.01. The van der Waals surface area contributed by atoms with Crippen LogP contribution in [0.2, 0.25) is 0 Å². The fourth-order valence-electron chi connectivity index (χ4n) is 0.323. The van der Waals surface area contributed by atoms with Crippen molar-refractivity contribution in [3.63, 3.8) is 0 Å². The van der Waals surface area contributed by atoms with Gasteiger partial charge in [0.2, 0.25) is 0 Å². The van der Waals surface area contributed by atoms with E-state index in [0.717, 1.165) is 0 Å². The summed E-state index contributed by atoms with van der Waals surface area (Å²) in [4.78, 5) is 10.4. The average Bonchev–Trinajstić information content (AvgIpc) is 1.85. The molecule has 0 aromatic rings.